The van der Waals surface area contributed by atoms with Gasteiger partial charge in [-0.05, 0) is 44.2 Å². The van der Waals surface area contributed by atoms with Gasteiger partial charge in [0.25, 0.3) is 0 Å². The molecule has 0 aliphatic heterocycles. The van der Waals surface area contributed by atoms with Crippen molar-refractivity contribution in [1.29, 1.82) is 0 Å². The number of aromatic nitrogens is 3. The fourth-order valence-corrected chi connectivity index (χ4v) is 3.62. The molecule has 2 aromatic heterocycles. The lowest BCUT2D eigenvalue weighted by Gasteiger charge is -2.13. The molecule has 8 heteroatoms. The number of carbonyl (C=O) groups excluding carboxylic acids is 1. The largest absolute Gasteiger partial charge is 0.496 e. The lowest BCUT2D eigenvalue weighted by Crippen LogP contribution is -2.05. The molecule has 4 rings (SSSR count). The van der Waals surface area contributed by atoms with E-state index in [-0.39, 0.29) is 6.61 Å². The quantitative estimate of drug-likeness (QED) is 0.378. The maximum absolute atomic E-state index is 11.7. The second kappa shape index (κ2) is 9.20. The first-order valence-electron chi connectivity index (χ1n) is 10.4. The van der Waals surface area contributed by atoms with Crippen LogP contribution >= 0.6 is 0 Å². The van der Waals surface area contributed by atoms with Crippen molar-refractivity contribution in [2.75, 3.05) is 14.2 Å². The normalized spacial score (nSPS) is 10.8. The van der Waals surface area contributed by atoms with Crippen LogP contribution in [0, 0.1) is 13.8 Å². The summed E-state index contributed by atoms with van der Waals surface area (Å²) in [6.45, 7) is 4.10. The van der Waals surface area contributed by atoms with Crippen molar-refractivity contribution >= 4 is 17.0 Å². The van der Waals surface area contributed by atoms with Crippen molar-refractivity contribution in [2.45, 2.75) is 20.5 Å². The molecule has 2 heterocycles. The minimum atomic E-state index is -0.411. The van der Waals surface area contributed by atoms with E-state index in [0.717, 1.165) is 33.7 Å². The van der Waals surface area contributed by atoms with E-state index in [0.29, 0.717) is 22.9 Å². The number of benzene rings is 2. The van der Waals surface area contributed by atoms with Gasteiger partial charge in [-0.3, -0.25) is 0 Å². The maximum atomic E-state index is 11.7. The average molecular weight is 447 g/mol. The molecule has 0 saturated heterocycles. The topological polar surface area (TPSA) is 84.7 Å². The zero-order valence-corrected chi connectivity index (χ0v) is 19.2. The summed E-state index contributed by atoms with van der Waals surface area (Å²) in [6, 6.07) is 12.5. The molecule has 0 bridgehead atoms. The molecule has 0 N–H and O–H groups in total. The van der Waals surface area contributed by atoms with Crippen LogP contribution in [-0.2, 0) is 18.4 Å². The van der Waals surface area contributed by atoms with Gasteiger partial charge < -0.3 is 23.5 Å². The lowest BCUT2D eigenvalue weighted by molar-refractivity contribution is 0.0600. The van der Waals surface area contributed by atoms with Crippen LogP contribution in [0.3, 0.4) is 0 Å². The van der Waals surface area contributed by atoms with E-state index in [9.17, 15) is 4.79 Å². The maximum Gasteiger partial charge on any atom is 0.337 e. The summed E-state index contributed by atoms with van der Waals surface area (Å²) in [5, 5.41) is 0. The molecule has 0 atom stereocenters. The molecule has 0 unspecified atom stereocenters. The zero-order valence-electron chi connectivity index (χ0n) is 19.2. The molecule has 33 heavy (non-hydrogen) atoms. The molecule has 0 saturated carbocycles. The Bertz CT molecular complexity index is 1330. The third-order valence-corrected chi connectivity index (χ3v) is 5.38. The Morgan fingerprint density at radius 1 is 1.06 bits per heavy atom. The fraction of sp³-hybridized carbons (Fsp3) is 0.240. The van der Waals surface area contributed by atoms with Crippen LogP contribution in [0.1, 0.15) is 27.3 Å². The van der Waals surface area contributed by atoms with Gasteiger partial charge in [0.1, 0.15) is 29.7 Å². The highest BCUT2D eigenvalue weighted by atomic mass is 16.5. The molecule has 0 fully saturated rings. The predicted molar refractivity (Wildman–Crippen MR) is 123 cm³/mol. The van der Waals surface area contributed by atoms with E-state index < -0.39 is 5.97 Å². The van der Waals surface area contributed by atoms with Gasteiger partial charge in [-0.25, -0.2) is 14.8 Å². The number of rotatable bonds is 7. The summed E-state index contributed by atoms with van der Waals surface area (Å²) in [5.41, 5.74) is 3.93. The Hall–Kier alpha value is -4.07. The van der Waals surface area contributed by atoms with Crippen LogP contribution in [0.15, 0.2) is 48.7 Å². The smallest absolute Gasteiger partial charge is 0.337 e. The van der Waals surface area contributed by atoms with Gasteiger partial charge in [0.05, 0.1) is 36.4 Å². The van der Waals surface area contributed by atoms with Crippen LogP contribution in [0.25, 0.3) is 11.0 Å². The van der Waals surface area contributed by atoms with Gasteiger partial charge >= 0.3 is 5.97 Å². The van der Waals surface area contributed by atoms with Gasteiger partial charge in [0.15, 0.2) is 0 Å². The third kappa shape index (κ3) is 4.45. The number of methoxy groups -OCH3 is 2. The second-order valence-electron chi connectivity index (χ2n) is 7.55. The molecule has 0 amide bonds. The first-order chi connectivity index (χ1) is 15.9. The van der Waals surface area contributed by atoms with Crippen molar-refractivity contribution in [2.24, 2.45) is 7.05 Å². The Balaban J connectivity index is 1.55. The summed E-state index contributed by atoms with van der Waals surface area (Å²) in [6.07, 6.45) is 1.73. The predicted octanol–water partition coefficient (Wildman–Crippen LogP) is 4.75. The number of nitrogens with zero attached hydrogens (tertiary/aromatic N) is 3. The standard InChI is InChI=1S/C25H25N3O5/c1-15-13-26-24(16(2)23(15)30-4)33-19-9-10-20-21(12-19)28(3)22(27-20)14-32-18-8-6-7-17(11-18)25(29)31-5/h6-13H,14H2,1-5H3. The Kier molecular flexibility index (Phi) is 6.17. The summed E-state index contributed by atoms with van der Waals surface area (Å²) in [7, 11) is 4.90. The minimum Gasteiger partial charge on any atom is -0.496 e. The van der Waals surface area contributed by atoms with Crippen molar-refractivity contribution in [3.05, 3.63) is 71.2 Å². The number of ether oxygens (including phenoxy) is 4. The number of fused-ring (bicyclic) bond motifs is 1. The summed E-state index contributed by atoms with van der Waals surface area (Å²) in [4.78, 5) is 20.8. The first kappa shape index (κ1) is 22.1. The van der Waals surface area contributed by atoms with E-state index >= 15 is 0 Å². The van der Waals surface area contributed by atoms with Gasteiger partial charge in [-0.2, -0.15) is 0 Å². The number of esters is 1. The van der Waals surface area contributed by atoms with Crippen molar-refractivity contribution in [3.63, 3.8) is 0 Å². The van der Waals surface area contributed by atoms with E-state index in [4.69, 9.17) is 18.9 Å². The van der Waals surface area contributed by atoms with Crippen LogP contribution in [0.2, 0.25) is 0 Å². The number of carbonyl (C=O) groups is 1. The Morgan fingerprint density at radius 3 is 2.64 bits per heavy atom. The van der Waals surface area contributed by atoms with E-state index in [2.05, 4.69) is 9.97 Å². The van der Waals surface area contributed by atoms with Gasteiger partial charge in [0.2, 0.25) is 5.88 Å². The highest BCUT2D eigenvalue weighted by Gasteiger charge is 2.14. The van der Waals surface area contributed by atoms with Gasteiger partial charge in [-0.1, -0.05) is 6.07 Å². The van der Waals surface area contributed by atoms with Crippen LogP contribution < -0.4 is 14.2 Å². The van der Waals surface area contributed by atoms with Crippen molar-refractivity contribution in [1.82, 2.24) is 14.5 Å². The lowest BCUT2D eigenvalue weighted by atomic mass is 10.2. The molecule has 0 aliphatic carbocycles. The van der Waals surface area contributed by atoms with E-state index in [1.807, 2.05) is 43.7 Å². The van der Waals surface area contributed by atoms with E-state index in [1.165, 1.54) is 7.11 Å². The van der Waals surface area contributed by atoms with E-state index in [1.54, 1.807) is 37.6 Å². The van der Waals surface area contributed by atoms with Crippen LogP contribution in [0.5, 0.6) is 23.1 Å². The average Bonchev–Trinajstić information content (AvgIpc) is 3.14. The molecular weight excluding hydrogens is 422 g/mol. The molecule has 0 aliphatic rings. The number of imidazole rings is 1. The Morgan fingerprint density at radius 2 is 1.88 bits per heavy atom. The molecule has 2 aromatic carbocycles. The monoisotopic (exact) mass is 447 g/mol. The number of hydrogen-bond acceptors (Lipinski definition) is 7. The van der Waals surface area contributed by atoms with Crippen molar-refractivity contribution in [3.8, 4) is 23.1 Å². The number of aryl methyl sites for hydroxylation is 2. The summed E-state index contributed by atoms with van der Waals surface area (Å²) in [5.74, 6) is 2.78. The SMILES string of the molecule is COC(=O)c1cccc(OCc2nc3ccc(Oc4ncc(C)c(OC)c4C)cc3n2C)c1. The highest BCUT2D eigenvalue weighted by molar-refractivity contribution is 5.89. The highest BCUT2D eigenvalue weighted by Crippen LogP contribution is 2.32. The van der Waals surface area contributed by atoms with Crippen LogP contribution in [0.4, 0.5) is 0 Å². The first-order valence-corrected chi connectivity index (χ1v) is 10.4. The molecule has 8 nitrogen and oxygen atoms in total. The number of hydrogen-bond donors (Lipinski definition) is 0. The summed E-state index contributed by atoms with van der Waals surface area (Å²) < 4.78 is 24.1. The molecule has 170 valence electrons. The Labute approximate surface area is 191 Å². The zero-order chi connectivity index (χ0) is 23.5. The van der Waals surface area contributed by atoms with Crippen LogP contribution in [-0.4, -0.2) is 34.7 Å². The fourth-order valence-electron chi connectivity index (χ4n) is 3.62. The minimum absolute atomic E-state index is 0.238. The summed E-state index contributed by atoms with van der Waals surface area (Å²) >= 11 is 0. The number of pyridine rings is 1. The van der Waals surface area contributed by atoms with Gasteiger partial charge in [-0.15, -0.1) is 0 Å². The molecule has 0 radical (unpaired) electrons. The third-order valence-electron chi connectivity index (χ3n) is 5.38. The molecule has 4 aromatic rings. The second-order valence-corrected chi connectivity index (χ2v) is 7.55. The van der Waals surface area contributed by atoms with Gasteiger partial charge in [0, 0.05) is 24.9 Å². The van der Waals surface area contributed by atoms with Crippen molar-refractivity contribution < 1.29 is 23.7 Å². The molecule has 0 spiro atoms. The molecular formula is C25H25N3O5.